The van der Waals surface area contributed by atoms with Gasteiger partial charge in [-0.3, -0.25) is 9.59 Å². The molecule has 104 valence electrons. The number of nitrogens with two attached hydrogens (primary N) is 1. The van der Waals surface area contributed by atoms with E-state index in [2.05, 4.69) is 10.2 Å². The Labute approximate surface area is 120 Å². The lowest BCUT2D eigenvalue weighted by Gasteiger charge is -2.23. The number of primary amides is 1. The molecule has 0 saturated carbocycles. The molecular weight excluding hydrogens is 291 g/mol. The van der Waals surface area contributed by atoms with Gasteiger partial charge in [0.1, 0.15) is 0 Å². The van der Waals surface area contributed by atoms with Crippen molar-refractivity contribution >= 4 is 35.0 Å². The van der Waals surface area contributed by atoms with E-state index in [0.29, 0.717) is 6.54 Å². The summed E-state index contributed by atoms with van der Waals surface area (Å²) in [6.07, 6.45) is 0. The van der Waals surface area contributed by atoms with E-state index >= 15 is 0 Å². The fraction of sp³-hybridized carbons (Fsp3) is 0.455. The third-order valence-corrected chi connectivity index (χ3v) is 2.63. The Balaban J connectivity index is 3.03. The van der Waals surface area contributed by atoms with Gasteiger partial charge >= 0.3 is 0 Å². The van der Waals surface area contributed by atoms with Crippen LogP contribution in [0.2, 0.25) is 10.3 Å². The molecule has 8 heteroatoms. The van der Waals surface area contributed by atoms with E-state index < -0.39 is 11.8 Å². The smallest absolute Gasteiger partial charge is 0.257 e. The maximum Gasteiger partial charge on any atom is 0.257 e. The van der Waals surface area contributed by atoms with Crippen molar-refractivity contribution in [3.63, 3.8) is 0 Å². The summed E-state index contributed by atoms with van der Waals surface area (Å²) < 4.78 is 0. The van der Waals surface area contributed by atoms with Crippen molar-refractivity contribution in [2.45, 2.75) is 13.8 Å². The lowest BCUT2D eigenvalue weighted by atomic mass is 10.2. The van der Waals surface area contributed by atoms with Crippen molar-refractivity contribution in [3.05, 3.63) is 21.9 Å². The fourth-order valence-corrected chi connectivity index (χ4v) is 1.84. The zero-order valence-electron chi connectivity index (χ0n) is 10.6. The highest BCUT2D eigenvalue weighted by atomic mass is 35.5. The largest absolute Gasteiger partial charge is 0.368 e. The Morgan fingerprint density at radius 2 is 2.00 bits per heavy atom. The number of amides is 2. The van der Waals surface area contributed by atoms with Crippen LogP contribution in [0.1, 0.15) is 24.2 Å². The summed E-state index contributed by atoms with van der Waals surface area (Å²) in [6, 6.07) is 1.31. The van der Waals surface area contributed by atoms with Crippen molar-refractivity contribution in [1.82, 2.24) is 15.1 Å². The van der Waals surface area contributed by atoms with Crippen LogP contribution in [0.4, 0.5) is 0 Å². The van der Waals surface area contributed by atoms with Gasteiger partial charge in [0, 0.05) is 6.54 Å². The number of carbonyl (C=O) groups excluding carboxylic acids is 2. The third kappa shape index (κ3) is 4.65. The van der Waals surface area contributed by atoms with E-state index in [1.54, 1.807) is 0 Å². The van der Waals surface area contributed by atoms with E-state index in [1.807, 2.05) is 13.8 Å². The minimum atomic E-state index is -0.599. The molecule has 6 nitrogen and oxygen atoms in total. The van der Waals surface area contributed by atoms with Crippen molar-refractivity contribution < 1.29 is 9.59 Å². The number of nitrogens with zero attached hydrogens (tertiary/aromatic N) is 3. The van der Waals surface area contributed by atoms with E-state index in [0.717, 1.165) is 0 Å². The van der Waals surface area contributed by atoms with Gasteiger partial charge in [-0.2, -0.15) is 0 Å². The summed E-state index contributed by atoms with van der Waals surface area (Å²) in [6.45, 7) is 4.02. The van der Waals surface area contributed by atoms with Crippen LogP contribution in [0.15, 0.2) is 6.07 Å². The highest BCUT2D eigenvalue weighted by molar-refractivity contribution is 6.34. The van der Waals surface area contributed by atoms with E-state index in [4.69, 9.17) is 28.9 Å². The van der Waals surface area contributed by atoms with Gasteiger partial charge in [-0.1, -0.05) is 37.0 Å². The summed E-state index contributed by atoms with van der Waals surface area (Å²) in [5, 5.41) is 7.07. The monoisotopic (exact) mass is 304 g/mol. The molecule has 0 aliphatic carbocycles. The second-order valence-corrected chi connectivity index (χ2v) is 5.16. The molecule has 2 amide bonds. The number of aromatic nitrogens is 2. The summed E-state index contributed by atoms with van der Waals surface area (Å²) in [4.78, 5) is 24.6. The number of carbonyl (C=O) groups is 2. The number of rotatable bonds is 5. The van der Waals surface area contributed by atoms with Crippen molar-refractivity contribution in [3.8, 4) is 0 Å². The van der Waals surface area contributed by atoms with Gasteiger partial charge in [-0.15, -0.1) is 10.2 Å². The first kappa shape index (κ1) is 15.7. The van der Waals surface area contributed by atoms with Crippen LogP contribution in [0.3, 0.4) is 0 Å². The molecule has 1 rings (SSSR count). The Kier molecular flexibility index (Phi) is 5.50. The number of hydrogen-bond donors (Lipinski definition) is 1. The van der Waals surface area contributed by atoms with Crippen LogP contribution in [-0.2, 0) is 4.79 Å². The molecule has 2 N–H and O–H groups in total. The lowest BCUT2D eigenvalue weighted by molar-refractivity contribution is -0.118. The first-order valence-corrected chi connectivity index (χ1v) is 6.33. The number of halogens is 2. The zero-order valence-corrected chi connectivity index (χ0v) is 12.1. The van der Waals surface area contributed by atoms with E-state index in [-0.39, 0.29) is 28.3 Å². The topological polar surface area (TPSA) is 89.2 Å². The quantitative estimate of drug-likeness (QED) is 0.889. The average molecular weight is 305 g/mol. The van der Waals surface area contributed by atoms with Gasteiger partial charge in [0.15, 0.2) is 10.3 Å². The van der Waals surface area contributed by atoms with Gasteiger partial charge < -0.3 is 10.6 Å². The predicted molar refractivity (Wildman–Crippen MR) is 72.0 cm³/mol. The zero-order chi connectivity index (χ0) is 14.6. The molecule has 0 aliphatic rings. The van der Waals surface area contributed by atoms with Crippen LogP contribution in [0, 0.1) is 5.92 Å². The van der Waals surface area contributed by atoms with E-state index in [9.17, 15) is 9.59 Å². The van der Waals surface area contributed by atoms with Crippen molar-refractivity contribution in [2.75, 3.05) is 13.1 Å². The Morgan fingerprint density at radius 3 is 2.53 bits per heavy atom. The summed E-state index contributed by atoms with van der Waals surface area (Å²) in [5.74, 6) is -0.875. The SMILES string of the molecule is CC(C)CN(CC(N)=O)C(=O)c1cc(Cl)nnc1Cl. The summed E-state index contributed by atoms with van der Waals surface area (Å²) in [5.41, 5.74) is 5.23. The van der Waals surface area contributed by atoms with Gasteiger partial charge in [-0.05, 0) is 12.0 Å². The Bertz CT molecular complexity index is 494. The molecular formula is C11H14Cl2N4O2. The first-order chi connectivity index (χ1) is 8.81. The maximum absolute atomic E-state index is 12.3. The molecule has 19 heavy (non-hydrogen) atoms. The van der Waals surface area contributed by atoms with Gasteiger partial charge in [0.2, 0.25) is 5.91 Å². The molecule has 0 aliphatic heterocycles. The molecule has 0 saturated heterocycles. The van der Waals surface area contributed by atoms with Gasteiger partial charge in [0.05, 0.1) is 12.1 Å². The van der Waals surface area contributed by atoms with Crippen molar-refractivity contribution in [1.29, 1.82) is 0 Å². The van der Waals surface area contributed by atoms with Gasteiger partial charge in [0.25, 0.3) is 5.91 Å². The minimum absolute atomic E-state index is 0.0521. The molecule has 0 bridgehead atoms. The first-order valence-electron chi connectivity index (χ1n) is 5.57. The second-order valence-electron chi connectivity index (χ2n) is 4.42. The van der Waals surface area contributed by atoms with Crippen molar-refractivity contribution in [2.24, 2.45) is 11.7 Å². The van der Waals surface area contributed by atoms with E-state index in [1.165, 1.54) is 11.0 Å². The highest BCUT2D eigenvalue weighted by Crippen LogP contribution is 2.18. The molecule has 0 spiro atoms. The minimum Gasteiger partial charge on any atom is -0.368 e. The molecule has 1 heterocycles. The normalized spacial score (nSPS) is 10.6. The average Bonchev–Trinajstić information content (AvgIpc) is 2.29. The summed E-state index contributed by atoms with van der Waals surface area (Å²) >= 11 is 11.5. The number of hydrogen-bond acceptors (Lipinski definition) is 4. The third-order valence-electron chi connectivity index (χ3n) is 2.17. The maximum atomic E-state index is 12.3. The van der Waals surface area contributed by atoms with Crippen LogP contribution >= 0.6 is 23.2 Å². The molecule has 0 fully saturated rings. The molecule has 0 aromatic carbocycles. The Morgan fingerprint density at radius 1 is 1.37 bits per heavy atom. The van der Waals surface area contributed by atoms with Gasteiger partial charge in [-0.25, -0.2) is 0 Å². The molecule has 0 radical (unpaired) electrons. The fourth-order valence-electron chi connectivity index (χ4n) is 1.52. The van der Waals surface area contributed by atoms with Crippen LogP contribution in [0.25, 0.3) is 0 Å². The Hall–Kier alpha value is -1.40. The standard InChI is InChI=1S/C11H14Cl2N4O2/c1-6(2)4-17(5-9(14)18)11(19)7-3-8(12)15-16-10(7)13/h3,6H,4-5H2,1-2H3,(H2,14,18). The summed E-state index contributed by atoms with van der Waals surface area (Å²) in [7, 11) is 0. The highest BCUT2D eigenvalue weighted by Gasteiger charge is 2.22. The second kappa shape index (κ2) is 6.68. The van der Waals surface area contributed by atoms with Crippen LogP contribution in [-0.4, -0.2) is 40.0 Å². The molecule has 1 aromatic heterocycles. The molecule has 0 atom stereocenters. The van der Waals surface area contributed by atoms with Crippen LogP contribution in [0.5, 0.6) is 0 Å². The molecule has 1 aromatic rings. The van der Waals surface area contributed by atoms with Crippen LogP contribution < -0.4 is 5.73 Å². The molecule has 0 unspecified atom stereocenters. The predicted octanol–water partition coefficient (Wildman–Crippen LogP) is 1.37. The lowest BCUT2D eigenvalue weighted by Crippen LogP contribution is -2.40.